The number of carbonyl (C=O) groups excluding carboxylic acids is 2. The Labute approximate surface area is 160 Å². The molecule has 0 aromatic carbocycles. The van der Waals surface area contributed by atoms with Gasteiger partial charge in [-0.05, 0) is 19.3 Å². The molecular weight excluding hydrogens is 346 g/mol. The number of aromatic nitrogens is 2. The Bertz CT molecular complexity index is 692. The van der Waals surface area contributed by atoms with Crippen LogP contribution in [-0.2, 0) is 27.3 Å². The van der Waals surface area contributed by atoms with E-state index in [9.17, 15) is 9.59 Å². The molecule has 0 radical (unpaired) electrons. The Morgan fingerprint density at radius 1 is 1.26 bits per heavy atom. The molecule has 1 saturated heterocycles. The third-order valence-electron chi connectivity index (χ3n) is 5.39. The number of methoxy groups -OCH3 is 1. The Hall–Kier alpha value is -2.22. The SMILES string of the molecule is CNc1nc([C@@H]2CCCCN2C(C)=O)nc2c1CN(C(=O)CCOC)CC2. The largest absolute Gasteiger partial charge is 0.384 e. The highest BCUT2D eigenvalue weighted by molar-refractivity contribution is 5.77. The van der Waals surface area contributed by atoms with E-state index in [-0.39, 0.29) is 17.9 Å². The highest BCUT2D eigenvalue weighted by Gasteiger charge is 2.31. The van der Waals surface area contributed by atoms with Crippen molar-refractivity contribution in [3.8, 4) is 0 Å². The number of hydrogen-bond acceptors (Lipinski definition) is 6. The van der Waals surface area contributed by atoms with Crippen molar-refractivity contribution in [2.45, 2.75) is 51.6 Å². The van der Waals surface area contributed by atoms with Crippen molar-refractivity contribution in [3.63, 3.8) is 0 Å². The Morgan fingerprint density at radius 3 is 2.78 bits per heavy atom. The maximum absolute atomic E-state index is 12.3. The molecule has 0 spiro atoms. The summed E-state index contributed by atoms with van der Waals surface area (Å²) in [5, 5.41) is 3.16. The van der Waals surface area contributed by atoms with Crippen LogP contribution >= 0.6 is 0 Å². The van der Waals surface area contributed by atoms with Crippen LogP contribution in [0.4, 0.5) is 5.82 Å². The van der Waals surface area contributed by atoms with E-state index in [1.807, 2.05) is 16.8 Å². The quantitative estimate of drug-likeness (QED) is 0.839. The first-order valence-corrected chi connectivity index (χ1v) is 9.66. The lowest BCUT2D eigenvalue weighted by molar-refractivity contribution is -0.134. The predicted octanol–water partition coefficient (Wildman–Crippen LogP) is 1.51. The van der Waals surface area contributed by atoms with Crippen LogP contribution < -0.4 is 5.32 Å². The molecule has 2 amide bonds. The molecule has 0 aliphatic carbocycles. The molecule has 1 N–H and O–H groups in total. The molecule has 1 aromatic heterocycles. The first-order valence-electron chi connectivity index (χ1n) is 9.66. The first-order chi connectivity index (χ1) is 13.0. The van der Waals surface area contributed by atoms with Gasteiger partial charge in [0.15, 0.2) is 5.82 Å². The van der Waals surface area contributed by atoms with Crippen LogP contribution in [0.5, 0.6) is 0 Å². The minimum Gasteiger partial charge on any atom is -0.384 e. The summed E-state index contributed by atoms with van der Waals surface area (Å²) in [6.07, 6.45) is 4.08. The molecule has 3 rings (SSSR count). The Balaban J connectivity index is 1.86. The maximum atomic E-state index is 12.3. The van der Waals surface area contributed by atoms with Crippen LogP contribution in [0.2, 0.25) is 0 Å². The number of amides is 2. The number of hydrogen-bond donors (Lipinski definition) is 1. The van der Waals surface area contributed by atoms with E-state index >= 15 is 0 Å². The monoisotopic (exact) mass is 375 g/mol. The fourth-order valence-corrected chi connectivity index (χ4v) is 3.93. The number of rotatable bonds is 5. The highest BCUT2D eigenvalue weighted by atomic mass is 16.5. The number of likely N-dealkylation sites (tertiary alicyclic amines) is 1. The number of fused-ring (bicyclic) bond motifs is 1. The Morgan fingerprint density at radius 2 is 2.07 bits per heavy atom. The molecule has 1 atom stereocenters. The smallest absolute Gasteiger partial charge is 0.225 e. The molecule has 1 aromatic rings. The lowest BCUT2D eigenvalue weighted by atomic mass is 10.00. The average Bonchev–Trinajstić information content (AvgIpc) is 2.70. The van der Waals surface area contributed by atoms with Gasteiger partial charge in [0.05, 0.1) is 31.3 Å². The number of nitrogens with one attached hydrogen (secondary N) is 1. The predicted molar refractivity (Wildman–Crippen MR) is 101 cm³/mol. The van der Waals surface area contributed by atoms with Crippen molar-refractivity contribution in [2.75, 3.05) is 39.2 Å². The number of nitrogens with zero attached hydrogens (tertiary/aromatic N) is 4. The van der Waals surface area contributed by atoms with Gasteiger partial charge < -0.3 is 19.9 Å². The number of piperidine rings is 1. The van der Waals surface area contributed by atoms with Gasteiger partial charge in [-0.2, -0.15) is 0 Å². The lowest BCUT2D eigenvalue weighted by Crippen LogP contribution is -2.40. The molecule has 2 aliphatic rings. The maximum Gasteiger partial charge on any atom is 0.225 e. The fraction of sp³-hybridized carbons (Fsp3) is 0.684. The molecular formula is C19H29N5O3. The highest BCUT2D eigenvalue weighted by Crippen LogP contribution is 2.32. The van der Waals surface area contributed by atoms with Gasteiger partial charge in [0.25, 0.3) is 0 Å². The van der Waals surface area contributed by atoms with Crippen molar-refractivity contribution in [2.24, 2.45) is 0 Å². The van der Waals surface area contributed by atoms with Crippen LogP contribution in [0.3, 0.4) is 0 Å². The molecule has 27 heavy (non-hydrogen) atoms. The van der Waals surface area contributed by atoms with Gasteiger partial charge >= 0.3 is 0 Å². The summed E-state index contributed by atoms with van der Waals surface area (Å²) in [6.45, 7) is 3.96. The summed E-state index contributed by atoms with van der Waals surface area (Å²) < 4.78 is 5.01. The minimum atomic E-state index is -0.0602. The molecule has 0 unspecified atom stereocenters. The minimum absolute atomic E-state index is 0.0602. The second-order valence-corrected chi connectivity index (χ2v) is 7.14. The summed E-state index contributed by atoms with van der Waals surface area (Å²) in [6, 6.07) is -0.0602. The van der Waals surface area contributed by atoms with Gasteiger partial charge in [0.1, 0.15) is 5.82 Å². The van der Waals surface area contributed by atoms with Crippen molar-refractivity contribution >= 4 is 17.6 Å². The van der Waals surface area contributed by atoms with E-state index in [2.05, 4.69) is 5.32 Å². The van der Waals surface area contributed by atoms with E-state index in [0.29, 0.717) is 38.4 Å². The van der Waals surface area contributed by atoms with Gasteiger partial charge in [-0.3, -0.25) is 9.59 Å². The Kier molecular flexibility index (Phi) is 6.26. The number of carbonyl (C=O) groups is 2. The van der Waals surface area contributed by atoms with E-state index in [0.717, 1.165) is 42.9 Å². The molecule has 0 bridgehead atoms. The normalized spacial score (nSPS) is 19.6. The van der Waals surface area contributed by atoms with Crippen LogP contribution in [0, 0.1) is 0 Å². The molecule has 148 valence electrons. The van der Waals surface area contributed by atoms with Gasteiger partial charge in [-0.1, -0.05) is 0 Å². The number of anilines is 1. The summed E-state index contributed by atoms with van der Waals surface area (Å²) >= 11 is 0. The second-order valence-electron chi connectivity index (χ2n) is 7.14. The third kappa shape index (κ3) is 4.21. The van der Waals surface area contributed by atoms with Gasteiger partial charge in [0.2, 0.25) is 11.8 Å². The summed E-state index contributed by atoms with van der Waals surface area (Å²) in [7, 11) is 3.44. The second kappa shape index (κ2) is 8.65. The number of ether oxygens (including phenoxy) is 1. The van der Waals surface area contributed by atoms with Crippen molar-refractivity contribution in [3.05, 3.63) is 17.1 Å². The zero-order chi connectivity index (χ0) is 19.4. The van der Waals surface area contributed by atoms with Crippen molar-refractivity contribution in [1.82, 2.24) is 19.8 Å². The topological polar surface area (TPSA) is 87.7 Å². The first kappa shape index (κ1) is 19.5. The van der Waals surface area contributed by atoms with Crippen molar-refractivity contribution < 1.29 is 14.3 Å². The van der Waals surface area contributed by atoms with E-state index in [4.69, 9.17) is 14.7 Å². The van der Waals surface area contributed by atoms with Crippen molar-refractivity contribution in [1.29, 1.82) is 0 Å². The van der Waals surface area contributed by atoms with E-state index < -0.39 is 0 Å². The zero-order valence-corrected chi connectivity index (χ0v) is 16.5. The third-order valence-corrected chi connectivity index (χ3v) is 5.39. The van der Waals surface area contributed by atoms with Crippen LogP contribution in [0.25, 0.3) is 0 Å². The van der Waals surface area contributed by atoms with Crippen LogP contribution in [0.15, 0.2) is 0 Å². The molecule has 1 fully saturated rings. The standard InChI is InChI=1S/C19H29N5O3/c1-13(25)24-9-5-4-6-16(24)19-21-15-7-10-23(17(26)8-11-27-3)12-14(15)18(20-2)22-19/h16H,4-12H2,1-3H3,(H,20,21,22)/t16-/m0/s1. The summed E-state index contributed by atoms with van der Waals surface area (Å²) in [5.41, 5.74) is 1.96. The van der Waals surface area contributed by atoms with Crippen LogP contribution in [-0.4, -0.2) is 65.4 Å². The van der Waals surface area contributed by atoms with Gasteiger partial charge in [0, 0.05) is 46.2 Å². The van der Waals surface area contributed by atoms with Gasteiger partial charge in [-0.25, -0.2) is 9.97 Å². The zero-order valence-electron chi connectivity index (χ0n) is 16.5. The fourth-order valence-electron chi connectivity index (χ4n) is 3.93. The summed E-state index contributed by atoms with van der Waals surface area (Å²) in [5.74, 6) is 1.63. The molecule has 2 aliphatic heterocycles. The van der Waals surface area contributed by atoms with Crippen LogP contribution in [0.1, 0.15) is 55.7 Å². The molecule has 8 nitrogen and oxygen atoms in total. The molecule has 3 heterocycles. The van der Waals surface area contributed by atoms with E-state index in [1.54, 1.807) is 14.0 Å². The molecule has 8 heteroatoms. The van der Waals surface area contributed by atoms with Gasteiger partial charge in [-0.15, -0.1) is 0 Å². The van der Waals surface area contributed by atoms with E-state index in [1.165, 1.54) is 0 Å². The molecule has 0 saturated carbocycles. The average molecular weight is 375 g/mol. The summed E-state index contributed by atoms with van der Waals surface area (Å²) in [4.78, 5) is 37.7. The lowest BCUT2D eigenvalue weighted by Gasteiger charge is -2.35.